The van der Waals surface area contributed by atoms with Crippen LogP contribution < -0.4 is 10.5 Å². The smallest absolute Gasteiger partial charge is 0.354 e. The quantitative estimate of drug-likeness (QED) is 0.382. The Kier molecular flexibility index (Phi) is 5.57. The summed E-state index contributed by atoms with van der Waals surface area (Å²) < 4.78 is 32.5. The fourth-order valence-corrected chi connectivity index (χ4v) is 4.86. The number of para-hydroxylation sites is 1. The van der Waals surface area contributed by atoms with Crippen LogP contribution in [0.5, 0.6) is 0 Å². The summed E-state index contributed by atoms with van der Waals surface area (Å²) in [5.74, 6) is -1.33. The fraction of sp³-hybridized carbons (Fsp3) is 0.0952. The number of hydrogen-bond donors (Lipinski definition) is 3. The number of carbonyl (C=O) groups is 1. The largest absolute Gasteiger partial charge is 0.477 e. The molecule has 0 amide bonds. The lowest BCUT2D eigenvalue weighted by atomic mass is 10.2. The van der Waals surface area contributed by atoms with Crippen molar-refractivity contribution in [2.75, 3.05) is 11.4 Å². The van der Waals surface area contributed by atoms with E-state index in [1.807, 2.05) is 36.1 Å². The van der Waals surface area contributed by atoms with E-state index in [1.54, 1.807) is 0 Å². The van der Waals surface area contributed by atoms with Gasteiger partial charge in [-0.2, -0.15) is 8.42 Å². The zero-order valence-electron chi connectivity index (χ0n) is 16.6. The summed E-state index contributed by atoms with van der Waals surface area (Å²) in [7, 11) is -4.39. The molecule has 3 N–H and O–H groups in total. The molecule has 0 unspecified atom stereocenters. The van der Waals surface area contributed by atoms with Gasteiger partial charge < -0.3 is 10.0 Å². The van der Waals surface area contributed by atoms with Gasteiger partial charge in [0.05, 0.1) is 21.8 Å². The molecule has 9 nitrogen and oxygen atoms in total. The van der Waals surface area contributed by atoms with Crippen LogP contribution in [0.2, 0.25) is 0 Å². The van der Waals surface area contributed by atoms with Crippen molar-refractivity contribution in [3.63, 3.8) is 0 Å². The van der Waals surface area contributed by atoms with Gasteiger partial charge in [-0.15, -0.1) is 0 Å². The van der Waals surface area contributed by atoms with Crippen LogP contribution in [0.15, 0.2) is 73.9 Å². The number of carboxylic acids is 1. The number of carboxylic acid groups (broad SMARTS) is 1. The van der Waals surface area contributed by atoms with Crippen LogP contribution in [0.4, 0.5) is 5.69 Å². The number of nitrogens with one attached hydrogen (secondary N) is 1. The zero-order chi connectivity index (χ0) is 23.0. The maximum absolute atomic E-state index is 13.0. The van der Waals surface area contributed by atoms with E-state index < -0.39 is 21.6 Å². The predicted octanol–water partition coefficient (Wildman–Crippen LogP) is 3.20. The number of aromatic carboxylic acids is 1. The van der Waals surface area contributed by atoms with E-state index in [-0.39, 0.29) is 21.8 Å². The standard InChI is InChI=1S/C21H17N3O6S2/c1-2-23-16-5-3-4-6-17(16)31-18(23)12-11-15-19(21(26)27)22-24(20(15)25)13-7-9-14(10-8-13)32(28,29)30/h3-11,22H,2H2,1H3,(H,26,27)(H,28,29,30). The van der Waals surface area contributed by atoms with Crippen LogP contribution in [0.3, 0.4) is 0 Å². The molecule has 32 heavy (non-hydrogen) atoms. The highest BCUT2D eigenvalue weighted by Gasteiger charge is 2.24. The van der Waals surface area contributed by atoms with Crippen LogP contribution in [0, 0.1) is 0 Å². The minimum Gasteiger partial charge on any atom is -0.477 e. The Bertz CT molecular complexity index is 1450. The first kappa shape index (κ1) is 21.7. The first-order valence-electron chi connectivity index (χ1n) is 9.38. The van der Waals surface area contributed by atoms with Gasteiger partial charge in [-0.1, -0.05) is 29.6 Å². The third-order valence-electron chi connectivity index (χ3n) is 4.80. The lowest BCUT2D eigenvalue weighted by molar-refractivity contribution is 0.0689. The summed E-state index contributed by atoms with van der Waals surface area (Å²) in [6.45, 7) is 2.65. The number of rotatable bonds is 5. The Morgan fingerprint density at radius 1 is 1.19 bits per heavy atom. The van der Waals surface area contributed by atoms with Crippen molar-refractivity contribution in [2.45, 2.75) is 16.7 Å². The second-order valence-corrected chi connectivity index (χ2v) is 9.18. The molecule has 1 aromatic heterocycles. The van der Waals surface area contributed by atoms with Crippen molar-refractivity contribution in [2.24, 2.45) is 0 Å². The minimum absolute atomic E-state index is 0.100. The number of nitrogens with zero attached hydrogens (tertiary/aromatic N) is 2. The van der Waals surface area contributed by atoms with Crippen molar-refractivity contribution >= 4 is 39.6 Å². The number of H-pyrrole nitrogens is 1. The van der Waals surface area contributed by atoms with Gasteiger partial charge in [0.2, 0.25) is 0 Å². The molecule has 0 atom stereocenters. The average molecular weight is 472 g/mol. The summed E-state index contributed by atoms with van der Waals surface area (Å²) in [4.78, 5) is 27.4. The van der Waals surface area contributed by atoms with Crippen molar-refractivity contribution in [1.29, 1.82) is 0 Å². The van der Waals surface area contributed by atoms with Crippen molar-refractivity contribution in [3.8, 4) is 5.69 Å². The molecule has 2 aromatic carbocycles. The van der Waals surface area contributed by atoms with Gasteiger partial charge in [0, 0.05) is 11.4 Å². The molecule has 4 rings (SSSR count). The molecule has 0 bridgehead atoms. The predicted molar refractivity (Wildman–Crippen MR) is 120 cm³/mol. The number of aromatic nitrogens is 2. The number of fused-ring (bicyclic) bond motifs is 1. The molecule has 0 spiro atoms. The molecule has 0 radical (unpaired) electrons. The van der Waals surface area contributed by atoms with Crippen LogP contribution in [-0.4, -0.2) is 40.4 Å². The summed E-state index contributed by atoms with van der Waals surface area (Å²) in [5.41, 5.74) is 3.20. The van der Waals surface area contributed by atoms with E-state index in [4.69, 9.17) is 4.55 Å². The molecular weight excluding hydrogens is 454 g/mol. The third kappa shape index (κ3) is 3.90. The first-order valence-corrected chi connectivity index (χ1v) is 11.6. The fourth-order valence-electron chi connectivity index (χ4n) is 3.29. The van der Waals surface area contributed by atoms with Crippen LogP contribution in [0.1, 0.15) is 23.0 Å². The Morgan fingerprint density at radius 3 is 2.50 bits per heavy atom. The minimum atomic E-state index is -4.39. The normalized spacial score (nSPS) is 13.1. The summed E-state index contributed by atoms with van der Waals surface area (Å²) >= 11 is 1.47. The molecule has 164 valence electrons. The van der Waals surface area contributed by atoms with E-state index in [0.29, 0.717) is 6.54 Å². The number of benzene rings is 2. The van der Waals surface area contributed by atoms with Gasteiger partial charge in [0.1, 0.15) is 5.03 Å². The molecule has 3 aromatic rings. The maximum atomic E-state index is 13.0. The summed E-state index contributed by atoms with van der Waals surface area (Å²) in [5, 5.41) is 12.8. The molecule has 1 aliphatic rings. The highest BCUT2D eigenvalue weighted by molar-refractivity contribution is 8.03. The Labute approximate surface area is 187 Å². The van der Waals surface area contributed by atoms with Crippen molar-refractivity contribution < 1.29 is 22.9 Å². The number of anilines is 1. The van der Waals surface area contributed by atoms with Crippen molar-refractivity contribution in [3.05, 3.63) is 80.9 Å². The highest BCUT2D eigenvalue weighted by Crippen LogP contribution is 2.45. The summed E-state index contributed by atoms with van der Waals surface area (Å²) in [6, 6.07) is 12.6. The molecular formula is C21H17N3O6S2. The molecule has 0 aliphatic carbocycles. The van der Waals surface area contributed by atoms with Gasteiger partial charge in [0.15, 0.2) is 5.69 Å². The maximum Gasteiger partial charge on any atom is 0.354 e. The van der Waals surface area contributed by atoms with Gasteiger partial charge in [0.25, 0.3) is 15.7 Å². The van der Waals surface area contributed by atoms with Gasteiger partial charge >= 0.3 is 5.97 Å². The zero-order valence-corrected chi connectivity index (χ0v) is 18.3. The van der Waals surface area contributed by atoms with E-state index in [2.05, 4.69) is 10.8 Å². The second kappa shape index (κ2) is 8.21. The molecule has 0 saturated heterocycles. The number of aromatic amines is 1. The van der Waals surface area contributed by atoms with Crippen LogP contribution in [0.25, 0.3) is 11.8 Å². The average Bonchev–Trinajstić information content (AvgIpc) is 3.28. The Balaban J connectivity index is 1.79. The highest BCUT2D eigenvalue weighted by atomic mass is 32.2. The second-order valence-electron chi connectivity index (χ2n) is 6.72. The third-order valence-corrected chi connectivity index (χ3v) is 6.76. The lowest BCUT2D eigenvalue weighted by Crippen LogP contribution is -2.16. The molecule has 2 heterocycles. The van der Waals surface area contributed by atoms with Gasteiger partial charge in [-0.25, -0.2) is 9.48 Å². The van der Waals surface area contributed by atoms with E-state index >= 15 is 0 Å². The number of hydrogen-bond acceptors (Lipinski definition) is 6. The number of thioether (sulfide) groups is 1. The van der Waals surface area contributed by atoms with Crippen LogP contribution in [-0.2, 0) is 10.1 Å². The molecule has 0 fully saturated rings. The molecule has 0 saturated carbocycles. The summed E-state index contributed by atoms with van der Waals surface area (Å²) in [6.07, 6.45) is 1.34. The lowest BCUT2D eigenvalue weighted by Gasteiger charge is -2.15. The molecule has 1 aliphatic heterocycles. The molecule has 11 heteroatoms. The van der Waals surface area contributed by atoms with Crippen LogP contribution >= 0.6 is 11.8 Å². The Morgan fingerprint density at radius 2 is 1.88 bits per heavy atom. The van der Waals surface area contributed by atoms with E-state index in [1.165, 1.54) is 30.0 Å². The first-order chi connectivity index (χ1) is 15.2. The van der Waals surface area contributed by atoms with Gasteiger partial charge in [-0.3, -0.25) is 14.4 Å². The monoisotopic (exact) mass is 471 g/mol. The van der Waals surface area contributed by atoms with E-state index in [0.717, 1.165) is 32.4 Å². The van der Waals surface area contributed by atoms with E-state index in [9.17, 15) is 23.1 Å². The topological polar surface area (TPSA) is 133 Å². The van der Waals surface area contributed by atoms with Crippen molar-refractivity contribution in [1.82, 2.24) is 9.78 Å². The van der Waals surface area contributed by atoms with Gasteiger partial charge in [-0.05, 0) is 49.4 Å². The Hall–Kier alpha value is -3.50. The SMILES string of the molecule is CCN1C(=C=Cc2c(C(=O)O)[nH]n(-c3ccc(S(=O)(=O)O)cc3)c2=O)Sc2ccccc21.